The summed E-state index contributed by atoms with van der Waals surface area (Å²) in [5.41, 5.74) is 4.37. The van der Waals surface area contributed by atoms with Gasteiger partial charge in [-0.15, -0.1) is 0 Å². The van der Waals surface area contributed by atoms with Crippen LogP contribution in [0.5, 0.6) is 0 Å². The van der Waals surface area contributed by atoms with Crippen LogP contribution in [0.3, 0.4) is 0 Å². The first-order chi connectivity index (χ1) is 9.17. The van der Waals surface area contributed by atoms with Crippen LogP contribution in [0.25, 0.3) is 0 Å². The molecule has 8 heteroatoms. The summed E-state index contributed by atoms with van der Waals surface area (Å²) in [4.78, 5) is 0.241. The minimum atomic E-state index is -3.64. The van der Waals surface area contributed by atoms with Gasteiger partial charge >= 0.3 is 0 Å². The minimum Gasteiger partial charge on any atom is -0.324 e. The van der Waals surface area contributed by atoms with Crippen LogP contribution in [0.4, 0.5) is 5.69 Å². The zero-order chi connectivity index (χ0) is 15.5. The van der Waals surface area contributed by atoms with Crippen LogP contribution >= 0.6 is 0 Å². The number of rotatable bonds is 6. The van der Waals surface area contributed by atoms with Gasteiger partial charge in [-0.25, -0.2) is 13.1 Å². The zero-order valence-electron chi connectivity index (χ0n) is 12.1. The van der Waals surface area contributed by atoms with E-state index in [-0.39, 0.29) is 10.6 Å². The third-order valence-corrected chi connectivity index (χ3v) is 5.60. The van der Waals surface area contributed by atoms with E-state index in [0.717, 1.165) is 0 Å². The summed E-state index contributed by atoms with van der Waals surface area (Å²) in [6.07, 6.45) is 1.54. The molecule has 0 amide bonds. The van der Waals surface area contributed by atoms with E-state index in [1.54, 1.807) is 39.2 Å². The Morgan fingerprint density at radius 3 is 2.20 bits per heavy atom. The molecule has 2 atom stereocenters. The summed E-state index contributed by atoms with van der Waals surface area (Å²) in [7, 11) is -4.70. The summed E-state index contributed by atoms with van der Waals surface area (Å²) < 4.78 is 38.5. The van der Waals surface area contributed by atoms with Gasteiger partial charge in [-0.05, 0) is 44.0 Å². The van der Waals surface area contributed by atoms with E-state index in [9.17, 15) is 12.6 Å². The lowest BCUT2D eigenvalue weighted by Gasteiger charge is -2.17. The average molecular weight is 319 g/mol. The summed E-state index contributed by atoms with van der Waals surface area (Å²) in [6, 6.07) is 2.95. The summed E-state index contributed by atoms with van der Waals surface area (Å²) in [5, 5.41) is 0. The molecule has 1 aromatic carbocycles. The number of hydrogen-bond donors (Lipinski definition) is 3. The van der Waals surface area contributed by atoms with Crippen molar-refractivity contribution < 1.29 is 12.6 Å². The molecule has 0 saturated carbocycles. The Morgan fingerprint density at radius 2 is 1.80 bits per heavy atom. The largest absolute Gasteiger partial charge is 0.324 e. The topological polar surface area (TPSA) is 101 Å². The molecule has 0 saturated heterocycles. The first-order valence-corrected chi connectivity index (χ1v) is 9.28. The maximum atomic E-state index is 12.4. The van der Waals surface area contributed by atoms with Gasteiger partial charge < -0.3 is 5.43 Å². The molecule has 20 heavy (non-hydrogen) atoms. The maximum absolute atomic E-state index is 12.4. The summed E-state index contributed by atoms with van der Waals surface area (Å²) in [5.74, 6) is 5.61. The van der Waals surface area contributed by atoms with E-state index >= 15 is 0 Å². The van der Waals surface area contributed by atoms with Crippen molar-refractivity contribution in [1.82, 2.24) is 4.72 Å². The van der Waals surface area contributed by atoms with Crippen molar-refractivity contribution in [2.75, 3.05) is 17.4 Å². The second-order valence-electron chi connectivity index (χ2n) is 4.85. The number of hydrogen-bond acceptors (Lipinski definition) is 5. The van der Waals surface area contributed by atoms with Crippen molar-refractivity contribution in [3.8, 4) is 0 Å². The Bertz CT molecular complexity index is 591. The lowest BCUT2D eigenvalue weighted by Crippen LogP contribution is -2.36. The van der Waals surface area contributed by atoms with Crippen LogP contribution in [0, 0.1) is 13.8 Å². The number of benzene rings is 1. The molecule has 0 aliphatic heterocycles. The fourth-order valence-electron chi connectivity index (χ4n) is 2.17. The molecule has 0 heterocycles. The number of nitrogens with two attached hydrogens (primary N) is 1. The molecule has 0 spiro atoms. The first kappa shape index (κ1) is 17.1. The highest BCUT2D eigenvalue weighted by Crippen LogP contribution is 2.24. The van der Waals surface area contributed by atoms with Gasteiger partial charge in [0.2, 0.25) is 10.0 Å². The monoisotopic (exact) mass is 319 g/mol. The van der Waals surface area contributed by atoms with E-state index in [1.165, 1.54) is 0 Å². The van der Waals surface area contributed by atoms with Crippen LogP contribution in [0.1, 0.15) is 18.1 Å². The molecule has 1 aromatic rings. The summed E-state index contributed by atoms with van der Waals surface area (Å²) >= 11 is 0. The first-order valence-electron chi connectivity index (χ1n) is 6.07. The van der Waals surface area contributed by atoms with Crippen LogP contribution in [0.15, 0.2) is 17.0 Å². The molecule has 114 valence electrons. The molecular formula is C12H21N3O3S2. The van der Waals surface area contributed by atoms with E-state index < -0.39 is 26.9 Å². The van der Waals surface area contributed by atoms with Gasteiger partial charge in [0.05, 0.1) is 4.90 Å². The lowest BCUT2D eigenvalue weighted by atomic mass is 10.1. The van der Waals surface area contributed by atoms with Crippen molar-refractivity contribution in [2.45, 2.75) is 31.7 Å². The predicted molar refractivity (Wildman–Crippen MR) is 82.4 cm³/mol. The molecule has 0 aliphatic carbocycles. The average Bonchev–Trinajstić information content (AvgIpc) is 2.24. The molecule has 1 rings (SSSR count). The van der Waals surface area contributed by atoms with Crippen LogP contribution < -0.4 is 16.0 Å². The van der Waals surface area contributed by atoms with Crippen molar-refractivity contribution in [2.24, 2.45) is 5.84 Å². The van der Waals surface area contributed by atoms with E-state index in [0.29, 0.717) is 16.8 Å². The maximum Gasteiger partial charge on any atom is 0.241 e. The number of aryl methyl sites for hydroxylation is 2. The van der Waals surface area contributed by atoms with Gasteiger partial charge in [0.1, 0.15) is 0 Å². The second kappa shape index (κ2) is 6.66. The van der Waals surface area contributed by atoms with Gasteiger partial charge in [-0.1, -0.05) is 0 Å². The van der Waals surface area contributed by atoms with Crippen molar-refractivity contribution in [3.63, 3.8) is 0 Å². The second-order valence-corrected chi connectivity index (χ2v) is 7.98. The van der Waals surface area contributed by atoms with Crippen LogP contribution in [-0.2, 0) is 20.8 Å². The van der Waals surface area contributed by atoms with Crippen LogP contribution in [-0.4, -0.2) is 30.7 Å². The minimum absolute atomic E-state index is 0.241. The Balaban J connectivity index is 3.13. The molecule has 4 N–H and O–H groups in total. The molecule has 0 fully saturated rings. The Hall–Kier alpha value is -0.960. The highest BCUT2D eigenvalue weighted by molar-refractivity contribution is 7.89. The van der Waals surface area contributed by atoms with Gasteiger partial charge in [0, 0.05) is 34.5 Å². The Kier molecular flexibility index (Phi) is 5.69. The van der Waals surface area contributed by atoms with Crippen LogP contribution in [0.2, 0.25) is 0 Å². The lowest BCUT2D eigenvalue weighted by molar-refractivity contribution is 0.569. The third kappa shape index (κ3) is 4.27. The zero-order valence-corrected chi connectivity index (χ0v) is 13.7. The molecular weight excluding hydrogens is 298 g/mol. The van der Waals surface area contributed by atoms with Crippen molar-refractivity contribution >= 4 is 26.5 Å². The molecule has 6 nitrogen and oxygen atoms in total. The van der Waals surface area contributed by atoms with E-state index in [1.807, 2.05) is 0 Å². The molecule has 0 aromatic heterocycles. The Morgan fingerprint density at radius 1 is 1.30 bits per heavy atom. The highest BCUT2D eigenvalue weighted by atomic mass is 32.2. The van der Waals surface area contributed by atoms with Crippen molar-refractivity contribution in [1.29, 1.82) is 0 Å². The fourth-order valence-corrected chi connectivity index (χ4v) is 4.76. The quantitative estimate of drug-likeness (QED) is 0.527. The molecule has 0 aliphatic rings. The number of anilines is 1. The van der Waals surface area contributed by atoms with E-state index in [2.05, 4.69) is 10.1 Å². The smallest absolute Gasteiger partial charge is 0.241 e. The van der Waals surface area contributed by atoms with E-state index in [4.69, 9.17) is 5.84 Å². The van der Waals surface area contributed by atoms with Gasteiger partial charge in [0.25, 0.3) is 0 Å². The van der Waals surface area contributed by atoms with Gasteiger partial charge in [-0.2, -0.15) is 0 Å². The van der Waals surface area contributed by atoms with Gasteiger partial charge in [-0.3, -0.25) is 10.1 Å². The number of hydrazine groups is 1. The molecule has 2 unspecified atom stereocenters. The SMILES string of the molecule is Cc1cc(NN)cc(C)c1S(=O)(=O)NC(C)CS(C)=O. The third-order valence-electron chi connectivity index (χ3n) is 2.74. The molecule has 0 radical (unpaired) electrons. The fraction of sp³-hybridized carbons (Fsp3) is 0.500. The number of sulfonamides is 1. The highest BCUT2D eigenvalue weighted by Gasteiger charge is 2.22. The van der Waals surface area contributed by atoms with Crippen molar-refractivity contribution in [3.05, 3.63) is 23.3 Å². The standard InChI is InChI=1S/C12H21N3O3S2/c1-8-5-11(14-13)6-9(2)12(8)20(17,18)15-10(3)7-19(4)16/h5-6,10,14-15H,7,13H2,1-4H3. The normalized spacial score (nSPS) is 14.8. The number of nitrogens with one attached hydrogen (secondary N) is 2. The molecule has 0 bridgehead atoms. The predicted octanol–water partition coefficient (Wildman–Crippen LogP) is 0.634. The Labute approximate surface area is 122 Å². The van der Waals surface area contributed by atoms with Gasteiger partial charge in [0.15, 0.2) is 0 Å². The number of nitrogen functional groups attached to an aromatic ring is 1. The summed E-state index contributed by atoms with van der Waals surface area (Å²) in [6.45, 7) is 5.12.